The molecule has 0 bridgehead atoms. The summed E-state index contributed by atoms with van der Waals surface area (Å²) in [5.74, 6) is -0.873. The van der Waals surface area contributed by atoms with Crippen LogP contribution < -0.4 is 0 Å². The molecule has 0 N–H and O–H groups in total. The van der Waals surface area contributed by atoms with Crippen LogP contribution in [0.2, 0.25) is 0 Å². The van der Waals surface area contributed by atoms with Crippen LogP contribution in [0, 0.1) is 0 Å². The van der Waals surface area contributed by atoms with Crippen LogP contribution in [0.5, 0.6) is 0 Å². The van der Waals surface area contributed by atoms with Gasteiger partial charge in [-0.3, -0.25) is 4.68 Å². The second-order valence-electron chi connectivity index (χ2n) is 5.53. The number of ether oxygens (including phenoxy) is 2. The van der Waals surface area contributed by atoms with Gasteiger partial charge in [0.25, 0.3) is 0 Å². The van der Waals surface area contributed by atoms with Crippen molar-refractivity contribution in [1.82, 2.24) is 25.2 Å². The van der Waals surface area contributed by atoms with Crippen molar-refractivity contribution in [2.24, 2.45) is 0 Å². The number of hydrogen-bond donors (Lipinski definition) is 0. The van der Waals surface area contributed by atoms with E-state index in [1.807, 2.05) is 6.92 Å². The Morgan fingerprint density at radius 2 is 1.92 bits per heavy atom. The summed E-state index contributed by atoms with van der Waals surface area (Å²) >= 11 is 1.25. The Morgan fingerprint density at radius 1 is 1.08 bits per heavy atom. The van der Waals surface area contributed by atoms with Crippen LogP contribution in [0.25, 0.3) is 0 Å². The number of nitrogens with zero attached hydrogens (tertiary/aromatic N) is 5. The summed E-state index contributed by atoms with van der Waals surface area (Å²) in [6, 6.07) is 0. The number of carbonyl (C=O) groups is 2. The molecular weight excluding hydrogens is 358 g/mol. The second kappa shape index (κ2) is 10.6. The van der Waals surface area contributed by atoms with Crippen LogP contribution in [-0.4, -0.2) is 50.3 Å². The predicted molar refractivity (Wildman–Crippen MR) is 94.0 cm³/mol. The predicted octanol–water partition coefficient (Wildman–Crippen LogP) is 2.29. The van der Waals surface area contributed by atoms with Crippen molar-refractivity contribution in [3.8, 4) is 0 Å². The molecule has 0 aliphatic heterocycles. The molecular formula is C16H23N5O4S. The monoisotopic (exact) mass is 381 g/mol. The maximum atomic E-state index is 11.8. The first kappa shape index (κ1) is 20.0. The molecule has 0 atom stereocenters. The zero-order valence-electron chi connectivity index (χ0n) is 15.0. The number of aryl methyl sites for hydroxylation is 2. The SMILES string of the molecule is CCCCOC(=O)c1cn(CCCCc2nnc(C(=O)OCC)s2)nn1. The fourth-order valence-electron chi connectivity index (χ4n) is 2.06. The summed E-state index contributed by atoms with van der Waals surface area (Å²) in [5, 5.41) is 16.7. The first-order valence-corrected chi connectivity index (χ1v) is 9.52. The molecule has 26 heavy (non-hydrogen) atoms. The average molecular weight is 381 g/mol. The topological polar surface area (TPSA) is 109 Å². The molecule has 0 aromatic carbocycles. The Labute approximate surface area is 155 Å². The molecule has 9 nitrogen and oxygen atoms in total. The van der Waals surface area contributed by atoms with Crippen LogP contribution in [0.15, 0.2) is 6.20 Å². The van der Waals surface area contributed by atoms with E-state index in [9.17, 15) is 9.59 Å². The summed E-state index contributed by atoms with van der Waals surface area (Å²) in [7, 11) is 0. The lowest BCUT2D eigenvalue weighted by atomic mass is 10.2. The highest BCUT2D eigenvalue weighted by Gasteiger charge is 2.14. The minimum Gasteiger partial charge on any atom is -0.461 e. The van der Waals surface area contributed by atoms with Gasteiger partial charge >= 0.3 is 11.9 Å². The number of esters is 2. The minimum atomic E-state index is -0.440. The third-order valence-corrected chi connectivity index (χ3v) is 4.39. The Balaban J connectivity index is 1.70. The largest absolute Gasteiger partial charge is 0.461 e. The molecule has 0 saturated heterocycles. The molecule has 142 valence electrons. The quantitative estimate of drug-likeness (QED) is 0.431. The molecule has 0 fully saturated rings. The van der Waals surface area contributed by atoms with Crippen molar-refractivity contribution in [2.75, 3.05) is 13.2 Å². The van der Waals surface area contributed by atoms with Crippen LogP contribution in [0.3, 0.4) is 0 Å². The first-order chi connectivity index (χ1) is 12.6. The number of unbranched alkanes of at least 4 members (excludes halogenated alkanes) is 2. The van der Waals surface area contributed by atoms with E-state index in [-0.39, 0.29) is 10.7 Å². The number of aromatic nitrogens is 5. The van der Waals surface area contributed by atoms with E-state index >= 15 is 0 Å². The third kappa shape index (κ3) is 6.17. The smallest absolute Gasteiger partial charge is 0.369 e. The van der Waals surface area contributed by atoms with Crippen LogP contribution in [0.1, 0.15) is 64.8 Å². The maximum Gasteiger partial charge on any atom is 0.369 e. The molecule has 0 aliphatic rings. The summed E-state index contributed by atoms with van der Waals surface area (Å²) in [6.45, 7) is 5.14. The van der Waals surface area contributed by atoms with E-state index < -0.39 is 11.9 Å². The molecule has 2 heterocycles. The number of rotatable bonds is 11. The van der Waals surface area contributed by atoms with Crippen molar-refractivity contribution in [3.05, 3.63) is 21.9 Å². The van der Waals surface area contributed by atoms with E-state index in [0.717, 1.165) is 37.1 Å². The zero-order valence-corrected chi connectivity index (χ0v) is 15.8. The van der Waals surface area contributed by atoms with Crippen molar-refractivity contribution >= 4 is 23.3 Å². The lowest BCUT2D eigenvalue weighted by Gasteiger charge is -2.00. The van der Waals surface area contributed by atoms with Gasteiger partial charge < -0.3 is 9.47 Å². The fraction of sp³-hybridized carbons (Fsp3) is 0.625. The van der Waals surface area contributed by atoms with Crippen molar-refractivity contribution in [2.45, 2.75) is 52.5 Å². The summed E-state index contributed by atoms with van der Waals surface area (Å²) in [4.78, 5) is 23.3. The van der Waals surface area contributed by atoms with E-state index in [0.29, 0.717) is 19.8 Å². The number of hydrogen-bond acceptors (Lipinski definition) is 9. The van der Waals surface area contributed by atoms with E-state index in [1.165, 1.54) is 11.3 Å². The zero-order chi connectivity index (χ0) is 18.8. The Kier molecular flexibility index (Phi) is 8.13. The highest BCUT2D eigenvalue weighted by atomic mass is 32.1. The van der Waals surface area contributed by atoms with Gasteiger partial charge in [-0.05, 0) is 26.2 Å². The summed E-state index contributed by atoms with van der Waals surface area (Å²) < 4.78 is 11.6. The van der Waals surface area contributed by atoms with Crippen LogP contribution in [-0.2, 0) is 22.4 Å². The van der Waals surface area contributed by atoms with Crippen molar-refractivity contribution in [1.29, 1.82) is 0 Å². The van der Waals surface area contributed by atoms with E-state index in [4.69, 9.17) is 9.47 Å². The third-order valence-electron chi connectivity index (χ3n) is 3.42. The van der Waals surface area contributed by atoms with Gasteiger partial charge in [0, 0.05) is 13.0 Å². The van der Waals surface area contributed by atoms with Crippen molar-refractivity contribution < 1.29 is 19.1 Å². The first-order valence-electron chi connectivity index (χ1n) is 8.70. The molecule has 2 rings (SSSR count). The molecule has 2 aromatic rings. The molecule has 10 heteroatoms. The minimum absolute atomic E-state index is 0.226. The van der Waals surface area contributed by atoms with Gasteiger partial charge in [-0.15, -0.1) is 15.3 Å². The highest BCUT2D eigenvalue weighted by molar-refractivity contribution is 7.13. The van der Waals surface area contributed by atoms with Gasteiger partial charge in [-0.1, -0.05) is 29.9 Å². The van der Waals surface area contributed by atoms with Gasteiger partial charge in [0.15, 0.2) is 5.69 Å². The molecule has 0 saturated carbocycles. The maximum absolute atomic E-state index is 11.8. The lowest BCUT2D eigenvalue weighted by molar-refractivity contribution is 0.0490. The standard InChI is InChI=1S/C16H23N5O4S/c1-3-5-10-25-15(22)12-11-21(20-17-12)9-7-6-8-13-18-19-14(26-13)16(23)24-4-2/h11H,3-10H2,1-2H3. The molecule has 0 radical (unpaired) electrons. The Morgan fingerprint density at radius 3 is 2.69 bits per heavy atom. The molecule has 0 unspecified atom stereocenters. The van der Waals surface area contributed by atoms with Gasteiger partial charge in [-0.2, -0.15) is 0 Å². The van der Waals surface area contributed by atoms with Gasteiger partial charge in [0.2, 0.25) is 5.01 Å². The normalized spacial score (nSPS) is 10.7. The van der Waals surface area contributed by atoms with E-state index in [1.54, 1.807) is 17.8 Å². The van der Waals surface area contributed by atoms with Crippen LogP contribution in [0.4, 0.5) is 0 Å². The molecule has 2 aromatic heterocycles. The van der Waals surface area contributed by atoms with Gasteiger partial charge in [0.1, 0.15) is 5.01 Å². The van der Waals surface area contributed by atoms with E-state index in [2.05, 4.69) is 20.5 Å². The van der Waals surface area contributed by atoms with Crippen LogP contribution >= 0.6 is 11.3 Å². The Hall–Kier alpha value is -2.36. The van der Waals surface area contributed by atoms with Gasteiger partial charge in [-0.25, -0.2) is 9.59 Å². The fourth-order valence-corrected chi connectivity index (χ4v) is 2.84. The Bertz CT molecular complexity index is 715. The molecule has 0 aliphatic carbocycles. The lowest BCUT2D eigenvalue weighted by Crippen LogP contribution is -2.06. The molecule has 0 amide bonds. The summed E-state index contributed by atoms with van der Waals surface area (Å²) in [5.41, 5.74) is 0.226. The average Bonchev–Trinajstić information content (AvgIpc) is 3.29. The van der Waals surface area contributed by atoms with Gasteiger partial charge in [0.05, 0.1) is 19.4 Å². The number of carbonyl (C=O) groups excluding carboxylic acids is 2. The second-order valence-corrected chi connectivity index (χ2v) is 6.60. The van der Waals surface area contributed by atoms with Crippen molar-refractivity contribution in [3.63, 3.8) is 0 Å². The molecule has 0 spiro atoms. The summed E-state index contributed by atoms with van der Waals surface area (Å²) in [6.07, 6.45) is 5.81. The highest BCUT2D eigenvalue weighted by Crippen LogP contribution is 2.14.